The van der Waals surface area contributed by atoms with Gasteiger partial charge in [-0.25, -0.2) is 4.98 Å². The second-order valence-corrected chi connectivity index (χ2v) is 4.65. The molecule has 106 valence electrons. The van der Waals surface area contributed by atoms with Crippen LogP contribution in [0.1, 0.15) is 29.3 Å². The summed E-state index contributed by atoms with van der Waals surface area (Å²) in [5.41, 5.74) is 1.63. The van der Waals surface area contributed by atoms with E-state index in [1.54, 1.807) is 24.7 Å². The van der Waals surface area contributed by atoms with E-state index in [4.69, 9.17) is 5.26 Å². The molecule has 0 saturated heterocycles. The molecule has 0 atom stereocenters. The molecule has 0 aliphatic heterocycles. The first-order valence-electron chi connectivity index (χ1n) is 6.68. The summed E-state index contributed by atoms with van der Waals surface area (Å²) in [6.45, 7) is 2.72. The van der Waals surface area contributed by atoms with Crippen LogP contribution >= 0.6 is 0 Å². The fourth-order valence-electron chi connectivity index (χ4n) is 1.95. The molecule has 0 bridgehead atoms. The molecule has 2 aromatic heterocycles. The fraction of sp³-hybridized carbons (Fsp3) is 0.250. The molecule has 0 aromatic carbocycles. The molecule has 2 heterocycles. The number of pyridine rings is 2. The van der Waals surface area contributed by atoms with E-state index in [2.05, 4.69) is 16.0 Å². The number of ketones is 1. The molecule has 0 fully saturated rings. The predicted octanol–water partition coefficient (Wildman–Crippen LogP) is 2.60. The quantitative estimate of drug-likeness (QED) is 0.761. The lowest BCUT2D eigenvalue weighted by Gasteiger charge is -2.22. The van der Waals surface area contributed by atoms with Crippen LogP contribution in [0.5, 0.6) is 0 Å². The van der Waals surface area contributed by atoms with E-state index < -0.39 is 0 Å². The van der Waals surface area contributed by atoms with Crippen LogP contribution in [0.25, 0.3) is 0 Å². The number of hydrogen-bond acceptors (Lipinski definition) is 5. The molecule has 0 saturated carbocycles. The zero-order chi connectivity index (χ0) is 15.1. The Balaban J connectivity index is 2.19. The minimum absolute atomic E-state index is 0.00937. The van der Waals surface area contributed by atoms with E-state index in [1.165, 1.54) is 6.92 Å². The Morgan fingerprint density at radius 3 is 2.76 bits per heavy atom. The highest BCUT2D eigenvalue weighted by atomic mass is 16.1. The average molecular weight is 280 g/mol. The normalized spacial score (nSPS) is 9.90. The predicted molar refractivity (Wildman–Crippen MR) is 79.8 cm³/mol. The summed E-state index contributed by atoms with van der Waals surface area (Å²) in [6.07, 6.45) is 5.50. The van der Waals surface area contributed by atoms with Crippen LogP contribution in [0, 0.1) is 11.3 Å². The van der Waals surface area contributed by atoms with Gasteiger partial charge in [-0.3, -0.25) is 9.78 Å². The molecular weight excluding hydrogens is 264 g/mol. The van der Waals surface area contributed by atoms with Crippen molar-refractivity contribution < 1.29 is 4.79 Å². The summed E-state index contributed by atoms with van der Waals surface area (Å²) in [5, 5.41) is 8.79. The van der Waals surface area contributed by atoms with Gasteiger partial charge >= 0.3 is 0 Å². The number of hydrogen-bond donors (Lipinski definition) is 0. The van der Waals surface area contributed by atoms with E-state index in [0.29, 0.717) is 25.1 Å². The summed E-state index contributed by atoms with van der Waals surface area (Å²) in [6, 6.07) is 9.57. The van der Waals surface area contributed by atoms with Crippen molar-refractivity contribution in [3.05, 3.63) is 54.0 Å². The highest BCUT2D eigenvalue weighted by Crippen LogP contribution is 2.15. The standard InChI is InChI=1S/C16H16N4O/c1-13(21)15-5-6-16(19-11-15)20(9-3-7-17)12-14-4-2-8-18-10-14/h2,4-6,8,10-11H,3,9,12H2,1H3. The van der Waals surface area contributed by atoms with Gasteiger partial charge in [0.25, 0.3) is 0 Å². The third-order valence-corrected chi connectivity index (χ3v) is 3.07. The maximum absolute atomic E-state index is 11.3. The van der Waals surface area contributed by atoms with E-state index in [-0.39, 0.29) is 5.78 Å². The number of carbonyl (C=O) groups is 1. The van der Waals surface area contributed by atoms with E-state index >= 15 is 0 Å². The summed E-state index contributed by atoms with van der Waals surface area (Å²) >= 11 is 0. The Bertz CT molecular complexity index is 632. The molecule has 0 aliphatic carbocycles. The molecule has 0 spiro atoms. The van der Waals surface area contributed by atoms with Crippen molar-refractivity contribution in [1.29, 1.82) is 5.26 Å². The van der Waals surface area contributed by atoms with Crippen molar-refractivity contribution in [2.24, 2.45) is 0 Å². The van der Waals surface area contributed by atoms with Crippen molar-refractivity contribution in [2.75, 3.05) is 11.4 Å². The lowest BCUT2D eigenvalue weighted by atomic mass is 10.2. The SMILES string of the molecule is CC(=O)c1ccc(N(CCC#N)Cc2cccnc2)nc1. The number of carbonyl (C=O) groups excluding carboxylic acids is 1. The van der Waals surface area contributed by atoms with E-state index in [0.717, 1.165) is 11.4 Å². The van der Waals surface area contributed by atoms with E-state index in [1.807, 2.05) is 23.1 Å². The number of rotatable bonds is 6. The number of nitriles is 1. The van der Waals surface area contributed by atoms with Crippen LogP contribution in [-0.2, 0) is 6.54 Å². The monoisotopic (exact) mass is 280 g/mol. The fourth-order valence-corrected chi connectivity index (χ4v) is 1.95. The molecule has 5 heteroatoms. The van der Waals surface area contributed by atoms with Crippen molar-refractivity contribution in [1.82, 2.24) is 9.97 Å². The summed E-state index contributed by atoms with van der Waals surface area (Å²) in [7, 11) is 0. The van der Waals surface area contributed by atoms with Crippen molar-refractivity contribution >= 4 is 11.6 Å². The summed E-state index contributed by atoms with van der Waals surface area (Å²) < 4.78 is 0. The molecule has 2 rings (SSSR count). The highest BCUT2D eigenvalue weighted by Gasteiger charge is 2.09. The summed E-state index contributed by atoms with van der Waals surface area (Å²) in [4.78, 5) is 21.7. The summed E-state index contributed by atoms with van der Waals surface area (Å²) in [5.74, 6) is 0.740. The maximum atomic E-state index is 11.3. The Morgan fingerprint density at radius 2 is 2.19 bits per heavy atom. The second-order valence-electron chi connectivity index (χ2n) is 4.65. The molecule has 0 N–H and O–H groups in total. The van der Waals surface area contributed by atoms with Gasteiger partial charge in [-0.2, -0.15) is 5.26 Å². The van der Waals surface area contributed by atoms with Gasteiger partial charge < -0.3 is 4.90 Å². The maximum Gasteiger partial charge on any atom is 0.161 e. The lowest BCUT2D eigenvalue weighted by Crippen LogP contribution is -2.24. The minimum Gasteiger partial charge on any atom is -0.351 e. The van der Waals surface area contributed by atoms with Gasteiger partial charge in [0.05, 0.1) is 12.5 Å². The minimum atomic E-state index is -0.00937. The third kappa shape index (κ3) is 4.11. The van der Waals surface area contributed by atoms with Crippen LogP contribution in [-0.4, -0.2) is 22.3 Å². The largest absolute Gasteiger partial charge is 0.351 e. The van der Waals surface area contributed by atoms with Gasteiger partial charge in [0, 0.05) is 37.2 Å². The topological polar surface area (TPSA) is 69.9 Å². The zero-order valence-corrected chi connectivity index (χ0v) is 11.9. The van der Waals surface area contributed by atoms with Crippen molar-refractivity contribution in [3.8, 4) is 6.07 Å². The van der Waals surface area contributed by atoms with Gasteiger partial charge in [-0.1, -0.05) is 6.07 Å². The first-order chi connectivity index (χ1) is 10.2. The number of nitrogens with zero attached hydrogens (tertiary/aromatic N) is 4. The molecule has 2 aromatic rings. The van der Waals surface area contributed by atoms with E-state index in [9.17, 15) is 4.79 Å². The molecule has 0 amide bonds. The Morgan fingerprint density at radius 1 is 1.33 bits per heavy atom. The third-order valence-electron chi connectivity index (χ3n) is 3.07. The first-order valence-corrected chi connectivity index (χ1v) is 6.68. The number of aromatic nitrogens is 2. The molecule has 0 unspecified atom stereocenters. The highest BCUT2D eigenvalue weighted by molar-refractivity contribution is 5.93. The lowest BCUT2D eigenvalue weighted by molar-refractivity contribution is 0.101. The number of anilines is 1. The smallest absolute Gasteiger partial charge is 0.161 e. The second kappa shape index (κ2) is 7.15. The Labute approximate surface area is 123 Å². The van der Waals surface area contributed by atoms with Gasteiger partial charge in [0.15, 0.2) is 5.78 Å². The Kier molecular flexibility index (Phi) is 4.99. The zero-order valence-electron chi connectivity index (χ0n) is 11.9. The first kappa shape index (κ1) is 14.7. The van der Waals surface area contributed by atoms with Crippen LogP contribution < -0.4 is 4.90 Å². The molecule has 0 radical (unpaired) electrons. The average Bonchev–Trinajstić information content (AvgIpc) is 2.52. The van der Waals surface area contributed by atoms with Gasteiger partial charge in [-0.05, 0) is 30.7 Å². The molecular formula is C16H16N4O. The molecule has 5 nitrogen and oxygen atoms in total. The van der Waals surface area contributed by atoms with Crippen molar-refractivity contribution in [3.63, 3.8) is 0 Å². The molecule has 21 heavy (non-hydrogen) atoms. The number of Topliss-reactive ketones (excluding diaryl/α,β-unsaturated/α-hetero) is 1. The van der Waals surface area contributed by atoms with Crippen LogP contribution in [0.4, 0.5) is 5.82 Å². The molecule has 0 aliphatic rings. The van der Waals surface area contributed by atoms with Crippen LogP contribution in [0.3, 0.4) is 0 Å². The van der Waals surface area contributed by atoms with Crippen LogP contribution in [0.2, 0.25) is 0 Å². The van der Waals surface area contributed by atoms with Gasteiger partial charge in [0.1, 0.15) is 5.82 Å². The van der Waals surface area contributed by atoms with Crippen molar-refractivity contribution in [2.45, 2.75) is 19.9 Å². The Hall–Kier alpha value is -2.74. The van der Waals surface area contributed by atoms with Crippen LogP contribution in [0.15, 0.2) is 42.9 Å². The van der Waals surface area contributed by atoms with Gasteiger partial charge in [0.2, 0.25) is 0 Å². The van der Waals surface area contributed by atoms with Gasteiger partial charge in [-0.15, -0.1) is 0 Å².